The van der Waals surface area contributed by atoms with Gasteiger partial charge in [0, 0.05) is 17.2 Å². The summed E-state index contributed by atoms with van der Waals surface area (Å²) in [4.78, 5) is 65.1. The fourth-order valence-corrected chi connectivity index (χ4v) is 4.43. The monoisotopic (exact) mass is 482 g/mol. The minimum atomic E-state index is -1.11. The number of allylic oxidation sites excluding steroid dienone is 2. The molecule has 4 atom stereocenters. The van der Waals surface area contributed by atoms with Gasteiger partial charge >= 0.3 is 5.97 Å². The first-order chi connectivity index (χ1) is 16.5. The van der Waals surface area contributed by atoms with E-state index in [1.165, 1.54) is 6.92 Å². The van der Waals surface area contributed by atoms with Crippen LogP contribution in [-0.4, -0.2) is 46.5 Å². The summed E-state index contributed by atoms with van der Waals surface area (Å²) >= 11 is 0. The van der Waals surface area contributed by atoms with Crippen LogP contribution in [0.2, 0.25) is 0 Å². The Morgan fingerprint density at radius 1 is 0.943 bits per heavy atom. The van der Waals surface area contributed by atoms with Crippen molar-refractivity contribution in [3.8, 4) is 0 Å². The third-order valence-corrected chi connectivity index (χ3v) is 6.44. The maximum absolute atomic E-state index is 13.2. The fourth-order valence-electron chi connectivity index (χ4n) is 4.43. The lowest BCUT2D eigenvalue weighted by Gasteiger charge is -2.27. The molecule has 1 aromatic rings. The van der Waals surface area contributed by atoms with E-state index in [0.29, 0.717) is 24.1 Å². The maximum atomic E-state index is 13.2. The number of esters is 1. The summed E-state index contributed by atoms with van der Waals surface area (Å²) in [5.74, 6) is -3.03. The highest BCUT2D eigenvalue weighted by Gasteiger charge is 2.51. The predicted octanol–water partition coefficient (Wildman–Crippen LogP) is 3.76. The van der Waals surface area contributed by atoms with Crippen LogP contribution in [0.25, 0.3) is 0 Å². The first-order valence-corrected chi connectivity index (χ1v) is 12.2. The van der Waals surface area contributed by atoms with E-state index in [0.717, 1.165) is 4.90 Å². The molecule has 1 heterocycles. The predicted molar refractivity (Wildman–Crippen MR) is 130 cm³/mol. The number of ketones is 1. The number of imide groups is 1. The zero-order valence-corrected chi connectivity index (χ0v) is 20.9. The molecule has 4 unspecified atom stereocenters. The average molecular weight is 483 g/mol. The van der Waals surface area contributed by atoms with Crippen molar-refractivity contribution in [3.05, 3.63) is 42.0 Å². The number of anilines is 1. The van der Waals surface area contributed by atoms with Crippen LogP contribution in [0.15, 0.2) is 36.4 Å². The second kappa shape index (κ2) is 11.0. The van der Waals surface area contributed by atoms with Gasteiger partial charge in [-0.15, -0.1) is 0 Å². The molecule has 2 aliphatic rings. The molecule has 3 rings (SSSR count). The van der Waals surface area contributed by atoms with Crippen LogP contribution in [-0.2, 0) is 23.9 Å². The molecule has 3 amide bonds. The summed E-state index contributed by atoms with van der Waals surface area (Å²) in [6, 6.07) is 5.27. The average Bonchev–Trinajstić information content (AvgIpc) is 3.07. The maximum Gasteiger partial charge on any atom is 0.330 e. The van der Waals surface area contributed by atoms with Gasteiger partial charge in [0.15, 0.2) is 6.10 Å². The van der Waals surface area contributed by atoms with Crippen molar-refractivity contribution >= 4 is 35.2 Å². The number of carbonyl (C=O) groups is 5. The number of ether oxygens (including phenoxy) is 1. The number of hydrogen-bond donors (Lipinski definition) is 1. The molecule has 0 aromatic heterocycles. The van der Waals surface area contributed by atoms with Gasteiger partial charge in [-0.25, -0.2) is 4.79 Å². The van der Waals surface area contributed by atoms with Crippen molar-refractivity contribution in [3.63, 3.8) is 0 Å². The minimum Gasteiger partial charge on any atom is -0.453 e. The molecule has 188 valence electrons. The van der Waals surface area contributed by atoms with Crippen LogP contribution in [0.3, 0.4) is 0 Å². The summed E-state index contributed by atoms with van der Waals surface area (Å²) in [6.07, 6.45) is 3.91. The Kier molecular flexibility index (Phi) is 8.25. The first-order valence-electron chi connectivity index (χ1n) is 12.2. The Bertz CT molecular complexity index is 1000. The summed E-state index contributed by atoms with van der Waals surface area (Å²) in [5.41, 5.74) is 0.877. The number of nitrogens with zero attached hydrogens (tertiary/aromatic N) is 1. The van der Waals surface area contributed by atoms with E-state index in [9.17, 15) is 24.0 Å². The van der Waals surface area contributed by atoms with Crippen LogP contribution in [0.5, 0.6) is 0 Å². The number of fused-ring (bicyclic) bond motifs is 1. The van der Waals surface area contributed by atoms with E-state index >= 15 is 0 Å². The molecule has 1 saturated heterocycles. The van der Waals surface area contributed by atoms with Gasteiger partial charge in [-0.05, 0) is 56.4 Å². The molecule has 35 heavy (non-hydrogen) atoms. The Morgan fingerprint density at radius 3 is 1.97 bits per heavy atom. The highest BCUT2D eigenvalue weighted by molar-refractivity contribution is 6.08. The van der Waals surface area contributed by atoms with Gasteiger partial charge < -0.3 is 10.1 Å². The molecule has 8 nitrogen and oxygen atoms in total. The second-order valence-corrected chi connectivity index (χ2v) is 10.0. The summed E-state index contributed by atoms with van der Waals surface area (Å²) in [6.45, 7) is 8.83. The third-order valence-electron chi connectivity index (χ3n) is 6.44. The molecule has 8 heteroatoms. The fraction of sp³-hybridized carbons (Fsp3) is 0.519. The van der Waals surface area contributed by atoms with Gasteiger partial charge in [0.25, 0.3) is 0 Å². The van der Waals surface area contributed by atoms with E-state index in [2.05, 4.69) is 5.32 Å². The Balaban J connectivity index is 1.71. The number of likely N-dealkylation sites (tertiary alicyclic amines) is 1. The highest BCUT2D eigenvalue weighted by atomic mass is 16.5. The van der Waals surface area contributed by atoms with E-state index in [4.69, 9.17) is 4.74 Å². The molecule has 1 N–H and O–H groups in total. The van der Waals surface area contributed by atoms with Crippen molar-refractivity contribution in [1.82, 2.24) is 4.90 Å². The van der Waals surface area contributed by atoms with Gasteiger partial charge in [0.05, 0.1) is 11.8 Å². The molecule has 1 fully saturated rings. The molecular weight excluding hydrogens is 448 g/mol. The normalized spacial score (nSPS) is 21.2. The summed E-state index contributed by atoms with van der Waals surface area (Å²) in [5, 5.41) is 2.75. The number of carbonyl (C=O) groups excluding carboxylic acids is 5. The molecule has 0 bridgehead atoms. The van der Waals surface area contributed by atoms with Gasteiger partial charge in [0.1, 0.15) is 6.04 Å². The first kappa shape index (κ1) is 26.3. The lowest BCUT2D eigenvalue weighted by molar-refractivity contribution is -0.161. The largest absolute Gasteiger partial charge is 0.453 e. The molecule has 0 radical (unpaired) electrons. The lowest BCUT2D eigenvalue weighted by Crippen LogP contribution is -2.48. The van der Waals surface area contributed by atoms with Crippen LogP contribution in [0.4, 0.5) is 5.69 Å². The van der Waals surface area contributed by atoms with Crippen molar-refractivity contribution in [2.45, 2.75) is 66.0 Å². The zero-order chi connectivity index (χ0) is 25.9. The van der Waals surface area contributed by atoms with Crippen molar-refractivity contribution in [1.29, 1.82) is 0 Å². The quantitative estimate of drug-likeness (QED) is 0.248. The van der Waals surface area contributed by atoms with E-state index in [1.807, 2.05) is 26.0 Å². The summed E-state index contributed by atoms with van der Waals surface area (Å²) < 4.78 is 5.50. The Hall–Kier alpha value is -3.29. The van der Waals surface area contributed by atoms with Gasteiger partial charge in [-0.3, -0.25) is 24.1 Å². The second-order valence-electron chi connectivity index (χ2n) is 10.0. The van der Waals surface area contributed by atoms with Crippen molar-refractivity contribution in [2.24, 2.45) is 23.7 Å². The number of amides is 3. The van der Waals surface area contributed by atoms with E-state index in [1.54, 1.807) is 38.1 Å². The molecule has 0 saturated carbocycles. The van der Waals surface area contributed by atoms with E-state index in [-0.39, 0.29) is 36.0 Å². The van der Waals surface area contributed by atoms with Gasteiger partial charge in [0.2, 0.25) is 23.5 Å². The number of hydrogen-bond acceptors (Lipinski definition) is 6. The van der Waals surface area contributed by atoms with Crippen molar-refractivity contribution in [2.75, 3.05) is 5.32 Å². The SMILES string of the molecule is CC(C)CC(C(=O)OC(C)C(=O)c1ccc(NC(=O)C(C)C)cc1)N1C(=O)C2CC=CCC2C1=O. The Labute approximate surface area is 206 Å². The molecule has 1 aromatic carbocycles. The van der Waals surface area contributed by atoms with Crippen LogP contribution < -0.4 is 5.32 Å². The van der Waals surface area contributed by atoms with Crippen LogP contribution in [0, 0.1) is 23.7 Å². The topological polar surface area (TPSA) is 110 Å². The third kappa shape index (κ3) is 5.86. The lowest BCUT2D eigenvalue weighted by atomic mass is 9.85. The Morgan fingerprint density at radius 2 is 1.49 bits per heavy atom. The number of benzene rings is 1. The summed E-state index contributed by atoms with van der Waals surface area (Å²) in [7, 11) is 0. The van der Waals surface area contributed by atoms with E-state index < -0.39 is 35.7 Å². The number of rotatable bonds is 9. The molecule has 1 aliphatic heterocycles. The minimum absolute atomic E-state index is 0.0218. The number of nitrogens with one attached hydrogen (secondary N) is 1. The highest BCUT2D eigenvalue weighted by Crippen LogP contribution is 2.37. The number of Topliss-reactive ketones (excluding diaryl/α,β-unsaturated/α-hetero) is 1. The smallest absolute Gasteiger partial charge is 0.330 e. The standard InChI is InChI=1S/C27H34N2O6/c1-15(2)14-22(29-25(32)20-8-6-7-9-21(20)26(29)33)27(34)35-17(5)23(30)18-10-12-19(13-11-18)28-24(31)16(3)4/h6-7,10-13,15-17,20-22H,8-9,14H2,1-5H3,(H,28,31). The molecule has 0 spiro atoms. The van der Waals surface area contributed by atoms with Crippen molar-refractivity contribution < 1.29 is 28.7 Å². The zero-order valence-electron chi connectivity index (χ0n) is 20.9. The van der Waals surface area contributed by atoms with Gasteiger partial charge in [-0.1, -0.05) is 39.8 Å². The van der Waals surface area contributed by atoms with Crippen LogP contribution in [0.1, 0.15) is 64.2 Å². The van der Waals surface area contributed by atoms with Crippen LogP contribution >= 0.6 is 0 Å². The molecular formula is C27H34N2O6. The van der Waals surface area contributed by atoms with Gasteiger partial charge in [-0.2, -0.15) is 0 Å². The molecule has 1 aliphatic carbocycles.